The Balaban J connectivity index is 1.73. The maximum atomic E-state index is 5.96. The highest BCUT2D eigenvalue weighted by Gasteiger charge is 2.19. The van der Waals surface area contributed by atoms with E-state index < -0.39 is 0 Å². The van der Waals surface area contributed by atoms with Gasteiger partial charge in [0.2, 0.25) is 0 Å². The molecular weight excluding hydrogens is 326 g/mol. The molecule has 1 aliphatic heterocycles. The molecule has 0 amide bonds. The van der Waals surface area contributed by atoms with Gasteiger partial charge in [0, 0.05) is 42.0 Å². The SMILES string of the molecule is Cc1cc(N2CCN(c3ccccc3)CC2)c(Br)cc1N. The van der Waals surface area contributed by atoms with Gasteiger partial charge in [0.15, 0.2) is 0 Å². The monoisotopic (exact) mass is 345 g/mol. The summed E-state index contributed by atoms with van der Waals surface area (Å²) in [4.78, 5) is 4.87. The van der Waals surface area contributed by atoms with Gasteiger partial charge in [-0.15, -0.1) is 0 Å². The first-order chi connectivity index (χ1) is 10.1. The normalized spacial score (nSPS) is 15.3. The molecule has 1 saturated heterocycles. The summed E-state index contributed by atoms with van der Waals surface area (Å²) in [6.07, 6.45) is 0. The number of nitrogen functional groups attached to an aromatic ring is 1. The summed E-state index contributed by atoms with van der Waals surface area (Å²) < 4.78 is 1.08. The molecule has 2 aromatic carbocycles. The zero-order valence-electron chi connectivity index (χ0n) is 12.2. The highest BCUT2D eigenvalue weighted by atomic mass is 79.9. The molecule has 0 bridgehead atoms. The Hall–Kier alpha value is -1.68. The van der Waals surface area contributed by atoms with Crippen LogP contribution < -0.4 is 15.5 Å². The Labute approximate surface area is 134 Å². The average molecular weight is 346 g/mol. The van der Waals surface area contributed by atoms with Crippen molar-refractivity contribution < 1.29 is 0 Å². The number of halogens is 1. The summed E-state index contributed by atoms with van der Waals surface area (Å²) in [5.41, 5.74) is 10.5. The van der Waals surface area contributed by atoms with E-state index in [0.717, 1.165) is 41.9 Å². The third kappa shape index (κ3) is 3.00. The van der Waals surface area contributed by atoms with Crippen molar-refractivity contribution in [2.45, 2.75) is 6.92 Å². The van der Waals surface area contributed by atoms with Crippen molar-refractivity contribution in [2.24, 2.45) is 0 Å². The van der Waals surface area contributed by atoms with E-state index in [4.69, 9.17) is 5.73 Å². The van der Waals surface area contributed by atoms with Gasteiger partial charge in [-0.25, -0.2) is 0 Å². The molecule has 21 heavy (non-hydrogen) atoms. The second kappa shape index (κ2) is 5.98. The summed E-state index contributed by atoms with van der Waals surface area (Å²) in [5.74, 6) is 0. The summed E-state index contributed by atoms with van der Waals surface area (Å²) >= 11 is 3.64. The van der Waals surface area contributed by atoms with E-state index in [9.17, 15) is 0 Å². The van der Waals surface area contributed by atoms with Crippen molar-refractivity contribution in [3.05, 3.63) is 52.5 Å². The van der Waals surface area contributed by atoms with Gasteiger partial charge in [0.05, 0.1) is 5.69 Å². The van der Waals surface area contributed by atoms with Crippen LogP contribution >= 0.6 is 15.9 Å². The Morgan fingerprint density at radius 3 is 2.24 bits per heavy atom. The zero-order valence-corrected chi connectivity index (χ0v) is 13.8. The molecule has 1 heterocycles. The van der Waals surface area contributed by atoms with E-state index >= 15 is 0 Å². The fourth-order valence-electron chi connectivity index (χ4n) is 2.77. The molecule has 110 valence electrons. The number of hydrogen-bond acceptors (Lipinski definition) is 3. The summed E-state index contributed by atoms with van der Waals surface area (Å²) in [6, 6.07) is 14.8. The molecule has 0 radical (unpaired) electrons. The lowest BCUT2D eigenvalue weighted by Crippen LogP contribution is -2.46. The molecule has 1 fully saturated rings. The predicted octanol–water partition coefficient (Wildman–Crippen LogP) is 3.67. The molecule has 4 heteroatoms. The number of nitrogens with two attached hydrogens (primary N) is 1. The van der Waals surface area contributed by atoms with Crippen molar-refractivity contribution in [2.75, 3.05) is 41.7 Å². The van der Waals surface area contributed by atoms with Gasteiger partial charge in [-0.3, -0.25) is 0 Å². The van der Waals surface area contributed by atoms with Crippen LogP contribution in [-0.2, 0) is 0 Å². The standard InChI is InChI=1S/C17H20BrN3/c1-13-11-17(15(18)12-16(13)19)21-9-7-20(8-10-21)14-5-3-2-4-6-14/h2-6,11-12H,7-10,19H2,1H3. The van der Waals surface area contributed by atoms with Crippen molar-refractivity contribution in [3.8, 4) is 0 Å². The van der Waals surface area contributed by atoms with E-state index in [1.165, 1.54) is 11.4 Å². The Kier molecular flexibility index (Phi) is 4.06. The van der Waals surface area contributed by atoms with Crippen LogP contribution in [0.2, 0.25) is 0 Å². The molecule has 0 atom stereocenters. The zero-order chi connectivity index (χ0) is 14.8. The van der Waals surface area contributed by atoms with Crippen molar-refractivity contribution in [3.63, 3.8) is 0 Å². The van der Waals surface area contributed by atoms with E-state index in [0.29, 0.717) is 0 Å². The predicted molar refractivity (Wildman–Crippen MR) is 94.2 cm³/mol. The van der Waals surface area contributed by atoms with E-state index in [-0.39, 0.29) is 0 Å². The number of nitrogens with zero attached hydrogens (tertiary/aromatic N) is 2. The summed E-state index contributed by atoms with van der Waals surface area (Å²) in [5, 5.41) is 0. The fourth-order valence-corrected chi connectivity index (χ4v) is 3.38. The van der Waals surface area contributed by atoms with Crippen molar-refractivity contribution >= 4 is 33.0 Å². The largest absolute Gasteiger partial charge is 0.398 e. The van der Waals surface area contributed by atoms with Crippen LogP contribution in [0.25, 0.3) is 0 Å². The van der Waals surface area contributed by atoms with E-state index in [1.54, 1.807) is 0 Å². The van der Waals surface area contributed by atoms with Gasteiger partial charge in [-0.05, 0) is 52.7 Å². The lowest BCUT2D eigenvalue weighted by molar-refractivity contribution is 0.652. The number of hydrogen-bond donors (Lipinski definition) is 1. The number of rotatable bonds is 2. The topological polar surface area (TPSA) is 32.5 Å². The van der Waals surface area contributed by atoms with Crippen LogP contribution in [0.4, 0.5) is 17.1 Å². The van der Waals surface area contributed by atoms with Crippen LogP contribution in [0.5, 0.6) is 0 Å². The van der Waals surface area contributed by atoms with Crippen LogP contribution in [0, 0.1) is 6.92 Å². The number of aryl methyl sites for hydroxylation is 1. The molecule has 2 N–H and O–H groups in total. The van der Waals surface area contributed by atoms with E-state index in [2.05, 4.69) is 69.1 Å². The second-order valence-corrected chi connectivity index (χ2v) is 6.32. The van der Waals surface area contributed by atoms with Crippen LogP contribution in [0.15, 0.2) is 46.9 Å². The van der Waals surface area contributed by atoms with Gasteiger partial charge in [0.25, 0.3) is 0 Å². The quantitative estimate of drug-likeness (QED) is 0.843. The molecule has 0 aromatic heterocycles. The summed E-state index contributed by atoms with van der Waals surface area (Å²) in [7, 11) is 0. The highest BCUT2D eigenvalue weighted by Crippen LogP contribution is 2.31. The molecule has 0 unspecified atom stereocenters. The first-order valence-electron chi connectivity index (χ1n) is 7.26. The third-order valence-electron chi connectivity index (χ3n) is 4.08. The second-order valence-electron chi connectivity index (χ2n) is 5.47. The Morgan fingerprint density at radius 2 is 1.57 bits per heavy atom. The first kappa shape index (κ1) is 14.3. The number of para-hydroxylation sites is 1. The van der Waals surface area contributed by atoms with Crippen molar-refractivity contribution in [1.29, 1.82) is 0 Å². The fraction of sp³-hybridized carbons (Fsp3) is 0.294. The average Bonchev–Trinajstić information content (AvgIpc) is 2.52. The van der Waals surface area contributed by atoms with Gasteiger partial charge in [-0.1, -0.05) is 18.2 Å². The summed E-state index contributed by atoms with van der Waals surface area (Å²) in [6.45, 7) is 6.19. The van der Waals surface area contributed by atoms with Crippen molar-refractivity contribution in [1.82, 2.24) is 0 Å². The molecule has 0 saturated carbocycles. The van der Waals surface area contributed by atoms with Gasteiger partial charge < -0.3 is 15.5 Å². The maximum absolute atomic E-state index is 5.96. The van der Waals surface area contributed by atoms with Crippen LogP contribution in [0.1, 0.15) is 5.56 Å². The molecule has 3 nitrogen and oxygen atoms in total. The van der Waals surface area contributed by atoms with Gasteiger partial charge in [0.1, 0.15) is 0 Å². The highest BCUT2D eigenvalue weighted by molar-refractivity contribution is 9.10. The number of piperazine rings is 1. The minimum absolute atomic E-state index is 0.841. The molecule has 1 aliphatic rings. The number of anilines is 3. The van der Waals surface area contributed by atoms with Crippen LogP contribution in [0.3, 0.4) is 0 Å². The molecule has 0 aliphatic carbocycles. The Morgan fingerprint density at radius 1 is 0.952 bits per heavy atom. The molecule has 2 aromatic rings. The van der Waals surface area contributed by atoms with E-state index in [1.807, 2.05) is 6.07 Å². The Bertz CT molecular complexity index is 619. The molecule has 3 rings (SSSR count). The first-order valence-corrected chi connectivity index (χ1v) is 8.05. The minimum Gasteiger partial charge on any atom is -0.398 e. The lowest BCUT2D eigenvalue weighted by atomic mass is 10.1. The smallest absolute Gasteiger partial charge is 0.0516 e. The minimum atomic E-state index is 0.841. The molecular formula is C17H20BrN3. The van der Waals surface area contributed by atoms with Gasteiger partial charge in [-0.2, -0.15) is 0 Å². The van der Waals surface area contributed by atoms with Gasteiger partial charge >= 0.3 is 0 Å². The maximum Gasteiger partial charge on any atom is 0.0516 e. The number of benzene rings is 2. The third-order valence-corrected chi connectivity index (χ3v) is 4.71. The van der Waals surface area contributed by atoms with Crippen LogP contribution in [-0.4, -0.2) is 26.2 Å². The molecule has 0 spiro atoms. The lowest BCUT2D eigenvalue weighted by Gasteiger charge is -2.38.